The van der Waals surface area contributed by atoms with Crippen molar-refractivity contribution < 1.29 is 14.7 Å². The number of carbonyl (C=O) groups is 2. The van der Waals surface area contributed by atoms with Crippen LogP contribution in [-0.4, -0.2) is 37.7 Å². The predicted molar refractivity (Wildman–Crippen MR) is 68.4 cm³/mol. The van der Waals surface area contributed by atoms with Gasteiger partial charge in [-0.25, -0.2) is 4.79 Å². The summed E-state index contributed by atoms with van der Waals surface area (Å²) in [5, 5.41) is 13.6. The fourth-order valence-corrected chi connectivity index (χ4v) is 2.30. The van der Waals surface area contributed by atoms with Crippen LogP contribution in [0, 0.1) is 0 Å². The van der Waals surface area contributed by atoms with Crippen molar-refractivity contribution in [3.8, 4) is 0 Å². The van der Waals surface area contributed by atoms with Gasteiger partial charge >= 0.3 is 5.97 Å². The Kier molecular flexibility index (Phi) is 3.87. The van der Waals surface area contributed by atoms with E-state index in [-0.39, 0.29) is 11.9 Å². The van der Waals surface area contributed by atoms with Crippen LogP contribution in [-0.2, 0) is 16.1 Å². The SMILES string of the molecule is CCCn1cc(C(C(=O)O)N(C(C)=O)C2CC2)cn1. The number of hydrogen-bond acceptors (Lipinski definition) is 3. The third-order valence-corrected chi connectivity index (χ3v) is 3.24. The lowest BCUT2D eigenvalue weighted by atomic mass is 10.1. The number of amides is 1. The summed E-state index contributed by atoms with van der Waals surface area (Å²) in [4.78, 5) is 24.7. The maximum Gasteiger partial charge on any atom is 0.331 e. The van der Waals surface area contributed by atoms with Gasteiger partial charge in [0.2, 0.25) is 5.91 Å². The number of aromatic nitrogens is 2. The average Bonchev–Trinajstić information content (AvgIpc) is 3.06. The van der Waals surface area contributed by atoms with Crippen molar-refractivity contribution in [3.05, 3.63) is 18.0 Å². The molecule has 1 saturated carbocycles. The molecule has 0 aromatic carbocycles. The smallest absolute Gasteiger partial charge is 0.331 e. The molecule has 1 unspecified atom stereocenters. The zero-order valence-electron chi connectivity index (χ0n) is 11.2. The Hall–Kier alpha value is -1.85. The van der Waals surface area contributed by atoms with E-state index >= 15 is 0 Å². The lowest BCUT2D eigenvalue weighted by Gasteiger charge is -2.27. The van der Waals surface area contributed by atoms with Gasteiger partial charge in [0.25, 0.3) is 0 Å². The molecule has 1 aliphatic carbocycles. The first-order valence-corrected chi connectivity index (χ1v) is 6.58. The zero-order chi connectivity index (χ0) is 14.0. The van der Waals surface area contributed by atoms with E-state index < -0.39 is 12.0 Å². The van der Waals surface area contributed by atoms with Crippen molar-refractivity contribution in [1.29, 1.82) is 0 Å². The second-order valence-corrected chi connectivity index (χ2v) is 4.93. The Balaban J connectivity index is 2.27. The highest BCUT2D eigenvalue weighted by molar-refractivity contribution is 5.83. The highest BCUT2D eigenvalue weighted by Gasteiger charge is 2.40. The minimum atomic E-state index is -1.00. The predicted octanol–water partition coefficient (Wildman–Crippen LogP) is 1.43. The van der Waals surface area contributed by atoms with Crippen LogP contribution < -0.4 is 0 Å². The molecule has 2 rings (SSSR count). The first-order chi connectivity index (χ1) is 9.04. The monoisotopic (exact) mass is 265 g/mol. The summed E-state index contributed by atoms with van der Waals surface area (Å²) < 4.78 is 1.72. The lowest BCUT2D eigenvalue weighted by Crippen LogP contribution is -2.39. The zero-order valence-corrected chi connectivity index (χ0v) is 11.2. The van der Waals surface area contributed by atoms with Crippen molar-refractivity contribution in [2.75, 3.05) is 0 Å². The fraction of sp³-hybridized carbons (Fsp3) is 0.615. The molecule has 0 spiro atoms. The van der Waals surface area contributed by atoms with Crippen LogP contribution in [0.3, 0.4) is 0 Å². The normalized spacial score (nSPS) is 16.1. The minimum absolute atomic E-state index is 0.0631. The van der Waals surface area contributed by atoms with Crippen molar-refractivity contribution in [3.63, 3.8) is 0 Å². The molecule has 1 aromatic heterocycles. The highest BCUT2D eigenvalue weighted by atomic mass is 16.4. The molecular weight excluding hydrogens is 246 g/mol. The van der Waals surface area contributed by atoms with E-state index in [2.05, 4.69) is 5.10 Å². The maximum atomic E-state index is 11.7. The average molecular weight is 265 g/mol. The fourth-order valence-electron chi connectivity index (χ4n) is 2.30. The Morgan fingerprint density at radius 3 is 2.74 bits per heavy atom. The third kappa shape index (κ3) is 2.94. The second-order valence-electron chi connectivity index (χ2n) is 4.93. The molecule has 104 valence electrons. The summed E-state index contributed by atoms with van der Waals surface area (Å²) in [6, 6.07) is -0.858. The number of hydrogen-bond donors (Lipinski definition) is 1. The van der Waals surface area contributed by atoms with Crippen molar-refractivity contribution >= 4 is 11.9 Å². The van der Waals surface area contributed by atoms with Crippen molar-refractivity contribution in [1.82, 2.24) is 14.7 Å². The van der Waals surface area contributed by atoms with E-state index in [1.54, 1.807) is 17.1 Å². The van der Waals surface area contributed by atoms with Gasteiger partial charge in [-0.2, -0.15) is 5.10 Å². The summed E-state index contributed by atoms with van der Waals surface area (Å²) in [5.41, 5.74) is 0.572. The van der Waals surface area contributed by atoms with E-state index in [9.17, 15) is 14.7 Å². The number of aliphatic carboxylic acids is 1. The van der Waals surface area contributed by atoms with E-state index in [1.165, 1.54) is 11.8 Å². The first kappa shape index (κ1) is 13.6. The van der Waals surface area contributed by atoms with Gasteiger partial charge in [-0.15, -0.1) is 0 Å². The van der Waals surface area contributed by atoms with Gasteiger partial charge in [0, 0.05) is 31.3 Å². The van der Waals surface area contributed by atoms with Crippen LogP contribution >= 0.6 is 0 Å². The first-order valence-electron chi connectivity index (χ1n) is 6.58. The van der Waals surface area contributed by atoms with E-state index in [4.69, 9.17) is 0 Å². The van der Waals surface area contributed by atoms with Crippen LogP contribution in [0.25, 0.3) is 0 Å². The minimum Gasteiger partial charge on any atom is -0.479 e. The van der Waals surface area contributed by atoms with Gasteiger partial charge in [-0.3, -0.25) is 9.48 Å². The molecular formula is C13H19N3O3. The van der Waals surface area contributed by atoms with Crippen LogP contribution in [0.2, 0.25) is 0 Å². The topological polar surface area (TPSA) is 75.4 Å². The molecule has 6 heteroatoms. The molecule has 0 saturated heterocycles. The molecule has 1 aliphatic rings. The lowest BCUT2D eigenvalue weighted by molar-refractivity contribution is -0.150. The quantitative estimate of drug-likeness (QED) is 0.844. The number of carboxylic acid groups (broad SMARTS) is 1. The number of carbonyl (C=O) groups excluding carboxylic acids is 1. The molecule has 6 nitrogen and oxygen atoms in total. The van der Waals surface area contributed by atoms with Crippen LogP contribution in [0.4, 0.5) is 0 Å². The number of nitrogens with zero attached hydrogens (tertiary/aromatic N) is 3. The summed E-state index contributed by atoms with van der Waals surface area (Å²) in [7, 11) is 0. The van der Waals surface area contributed by atoms with Gasteiger partial charge in [0.15, 0.2) is 6.04 Å². The molecule has 1 amide bonds. The van der Waals surface area contributed by atoms with Gasteiger partial charge in [0.05, 0.1) is 6.20 Å². The van der Waals surface area contributed by atoms with E-state index in [0.717, 1.165) is 25.8 Å². The number of aryl methyl sites for hydroxylation is 1. The summed E-state index contributed by atoms with van der Waals surface area (Å²) in [6.45, 7) is 4.20. The molecule has 0 radical (unpaired) electrons. The summed E-state index contributed by atoms with van der Waals surface area (Å²) >= 11 is 0. The molecule has 1 atom stereocenters. The van der Waals surface area contributed by atoms with Gasteiger partial charge in [-0.05, 0) is 19.3 Å². The number of rotatable bonds is 6. The van der Waals surface area contributed by atoms with Crippen molar-refractivity contribution in [2.45, 2.75) is 51.7 Å². The standard InChI is InChI=1S/C13H19N3O3/c1-3-6-15-8-10(7-14-15)12(13(18)19)16(9(2)17)11-4-5-11/h7-8,11-12H,3-6H2,1-2H3,(H,18,19). The largest absolute Gasteiger partial charge is 0.479 e. The van der Waals surface area contributed by atoms with Gasteiger partial charge in [0.1, 0.15) is 0 Å². The molecule has 0 aliphatic heterocycles. The second kappa shape index (κ2) is 5.42. The molecule has 1 N–H and O–H groups in total. The third-order valence-electron chi connectivity index (χ3n) is 3.24. The van der Waals surface area contributed by atoms with Crippen LogP contribution in [0.1, 0.15) is 44.7 Å². The maximum absolute atomic E-state index is 11.7. The highest BCUT2D eigenvalue weighted by Crippen LogP contribution is 2.34. The number of carboxylic acids is 1. The molecule has 1 aromatic rings. The Morgan fingerprint density at radius 2 is 2.26 bits per heavy atom. The Morgan fingerprint density at radius 1 is 1.58 bits per heavy atom. The summed E-state index contributed by atoms with van der Waals surface area (Å²) in [6.07, 6.45) is 5.96. The van der Waals surface area contributed by atoms with Gasteiger partial charge in [-0.1, -0.05) is 6.92 Å². The molecule has 1 fully saturated rings. The molecule has 19 heavy (non-hydrogen) atoms. The molecule has 1 heterocycles. The Bertz CT molecular complexity index is 479. The van der Waals surface area contributed by atoms with Crippen molar-refractivity contribution in [2.24, 2.45) is 0 Å². The van der Waals surface area contributed by atoms with Crippen LogP contribution in [0.15, 0.2) is 12.4 Å². The Labute approximate surface area is 112 Å². The van der Waals surface area contributed by atoms with Crippen LogP contribution in [0.5, 0.6) is 0 Å². The van der Waals surface area contributed by atoms with Gasteiger partial charge < -0.3 is 10.0 Å². The van der Waals surface area contributed by atoms with E-state index in [0.29, 0.717) is 5.56 Å². The van der Waals surface area contributed by atoms with E-state index in [1.807, 2.05) is 6.92 Å². The molecule has 0 bridgehead atoms. The summed E-state index contributed by atoms with van der Waals surface area (Å²) in [5.74, 6) is -1.20.